The Bertz CT molecular complexity index is 807. The topological polar surface area (TPSA) is 39.1 Å². The van der Waals surface area contributed by atoms with E-state index in [1.807, 2.05) is 23.0 Å². The molecule has 23 heavy (non-hydrogen) atoms. The number of anilines is 2. The maximum absolute atomic E-state index is 5.88. The number of aromatic nitrogens is 2. The fourth-order valence-corrected chi connectivity index (χ4v) is 3.23. The summed E-state index contributed by atoms with van der Waals surface area (Å²) < 4.78 is 8.97. The summed E-state index contributed by atoms with van der Waals surface area (Å²) in [5.74, 6) is 0. The largest absolute Gasteiger partial charge is 0.356 e. The van der Waals surface area contributed by atoms with Gasteiger partial charge in [0.2, 0.25) is 0 Å². The van der Waals surface area contributed by atoms with Crippen LogP contribution in [-0.2, 0) is 4.74 Å². The zero-order valence-electron chi connectivity index (χ0n) is 12.7. The second kappa shape index (κ2) is 6.34. The molecule has 0 amide bonds. The smallest absolute Gasteiger partial charge is 0.150 e. The van der Waals surface area contributed by atoms with Crippen LogP contribution in [0.15, 0.2) is 53.1 Å². The van der Waals surface area contributed by atoms with E-state index < -0.39 is 0 Å². The number of nitrogens with zero attached hydrogens (tertiary/aromatic N) is 2. The summed E-state index contributed by atoms with van der Waals surface area (Å²) in [5.41, 5.74) is 3.23. The molecule has 0 saturated carbocycles. The van der Waals surface area contributed by atoms with Crippen molar-refractivity contribution in [1.29, 1.82) is 0 Å². The maximum atomic E-state index is 5.88. The number of hydrogen-bond acceptors (Lipinski definition) is 3. The van der Waals surface area contributed by atoms with Crippen molar-refractivity contribution in [2.75, 3.05) is 11.9 Å². The van der Waals surface area contributed by atoms with Gasteiger partial charge < -0.3 is 10.1 Å². The molecule has 5 heteroatoms. The fraction of sp³-hybridized carbons (Fsp3) is 0.278. The van der Waals surface area contributed by atoms with Crippen LogP contribution in [0.5, 0.6) is 0 Å². The van der Waals surface area contributed by atoms with Gasteiger partial charge >= 0.3 is 0 Å². The quantitative estimate of drug-likeness (QED) is 0.683. The van der Waals surface area contributed by atoms with Gasteiger partial charge in [0, 0.05) is 27.8 Å². The minimum absolute atomic E-state index is 0.0594. The molecular formula is C18H18BrN3O. The Hall–Kier alpha value is -1.85. The molecule has 4 rings (SSSR count). The molecule has 0 spiro atoms. The molecule has 1 saturated heterocycles. The summed E-state index contributed by atoms with van der Waals surface area (Å²) in [5, 5.41) is 9.12. The molecular weight excluding hydrogens is 354 g/mol. The lowest BCUT2D eigenvalue weighted by Crippen LogP contribution is -2.18. The van der Waals surface area contributed by atoms with Crippen molar-refractivity contribution >= 4 is 38.2 Å². The average molecular weight is 372 g/mol. The molecule has 3 aromatic rings. The highest BCUT2D eigenvalue weighted by molar-refractivity contribution is 9.10. The molecule has 0 bridgehead atoms. The molecule has 1 aromatic heterocycles. The van der Waals surface area contributed by atoms with Crippen molar-refractivity contribution in [2.24, 2.45) is 0 Å². The van der Waals surface area contributed by atoms with Gasteiger partial charge in [0.05, 0.1) is 11.7 Å². The first-order valence-corrected chi connectivity index (χ1v) is 8.70. The molecule has 1 N–H and O–H groups in total. The summed E-state index contributed by atoms with van der Waals surface area (Å²) >= 11 is 3.46. The minimum Gasteiger partial charge on any atom is -0.356 e. The standard InChI is InChI=1S/C18H18BrN3O/c19-14-5-8-15(9-6-14)21-16-7-4-13-12-20-22(17(13)11-16)18-3-1-2-10-23-18/h4-9,11-12,18,21H,1-3,10H2. The van der Waals surface area contributed by atoms with Crippen molar-refractivity contribution in [3.8, 4) is 0 Å². The summed E-state index contributed by atoms with van der Waals surface area (Å²) in [6.07, 6.45) is 5.34. The van der Waals surface area contributed by atoms with Gasteiger partial charge in [-0.15, -0.1) is 0 Å². The SMILES string of the molecule is Brc1ccc(Nc2ccc3cnn(C4CCCCO4)c3c2)cc1. The first-order valence-electron chi connectivity index (χ1n) is 7.91. The number of rotatable bonds is 3. The Morgan fingerprint density at radius 2 is 1.91 bits per heavy atom. The normalized spacial score (nSPS) is 18.2. The van der Waals surface area contributed by atoms with Gasteiger partial charge in [-0.25, -0.2) is 4.68 Å². The van der Waals surface area contributed by atoms with Crippen LogP contribution in [0.4, 0.5) is 11.4 Å². The predicted octanol–water partition coefficient (Wildman–Crippen LogP) is 5.24. The third-order valence-corrected chi connectivity index (χ3v) is 4.69. The minimum atomic E-state index is 0.0594. The summed E-state index contributed by atoms with van der Waals surface area (Å²) in [6.45, 7) is 0.822. The van der Waals surface area contributed by atoms with E-state index in [1.54, 1.807) is 0 Å². The molecule has 2 aromatic carbocycles. The number of fused-ring (bicyclic) bond motifs is 1. The third-order valence-electron chi connectivity index (χ3n) is 4.16. The lowest BCUT2D eigenvalue weighted by atomic mass is 10.2. The number of halogens is 1. The molecule has 2 heterocycles. The molecule has 1 atom stereocenters. The van der Waals surface area contributed by atoms with E-state index in [0.29, 0.717) is 0 Å². The Kier molecular flexibility index (Phi) is 4.06. The van der Waals surface area contributed by atoms with Gasteiger partial charge in [-0.3, -0.25) is 0 Å². The van der Waals surface area contributed by atoms with Gasteiger partial charge in [0.15, 0.2) is 6.23 Å². The van der Waals surface area contributed by atoms with Crippen LogP contribution in [-0.4, -0.2) is 16.4 Å². The van der Waals surface area contributed by atoms with E-state index in [9.17, 15) is 0 Å². The van der Waals surface area contributed by atoms with Crippen LogP contribution in [0.2, 0.25) is 0 Å². The van der Waals surface area contributed by atoms with Crippen molar-refractivity contribution in [2.45, 2.75) is 25.5 Å². The highest BCUT2D eigenvalue weighted by Gasteiger charge is 2.18. The van der Waals surface area contributed by atoms with Crippen molar-refractivity contribution in [1.82, 2.24) is 9.78 Å². The van der Waals surface area contributed by atoms with Gasteiger partial charge in [0.25, 0.3) is 0 Å². The van der Waals surface area contributed by atoms with Crippen molar-refractivity contribution in [3.63, 3.8) is 0 Å². The third kappa shape index (κ3) is 3.12. The summed E-state index contributed by atoms with van der Waals surface area (Å²) in [4.78, 5) is 0. The van der Waals surface area contributed by atoms with Gasteiger partial charge in [-0.1, -0.05) is 15.9 Å². The predicted molar refractivity (Wildman–Crippen MR) is 96.0 cm³/mol. The van der Waals surface area contributed by atoms with Crippen LogP contribution in [0.1, 0.15) is 25.5 Å². The van der Waals surface area contributed by atoms with Crippen molar-refractivity contribution < 1.29 is 4.74 Å². The lowest BCUT2D eigenvalue weighted by molar-refractivity contribution is -0.0366. The zero-order chi connectivity index (χ0) is 15.6. The fourth-order valence-electron chi connectivity index (χ4n) is 2.96. The second-order valence-electron chi connectivity index (χ2n) is 5.82. The second-order valence-corrected chi connectivity index (χ2v) is 6.73. The molecule has 1 aliphatic rings. The molecule has 0 aliphatic carbocycles. The van der Waals surface area contributed by atoms with E-state index in [4.69, 9.17) is 4.74 Å². The summed E-state index contributed by atoms with van der Waals surface area (Å²) in [6, 6.07) is 14.5. The van der Waals surface area contributed by atoms with Crippen LogP contribution in [0.25, 0.3) is 10.9 Å². The number of benzene rings is 2. The highest BCUT2D eigenvalue weighted by atomic mass is 79.9. The van der Waals surface area contributed by atoms with Crippen LogP contribution >= 0.6 is 15.9 Å². The van der Waals surface area contributed by atoms with Crippen LogP contribution in [0, 0.1) is 0 Å². The van der Waals surface area contributed by atoms with Crippen LogP contribution in [0.3, 0.4) is 0 Å². The van der Waals surface area contributed by atoms with E-state index in [1.165, 1.54) is 6.42 Å². The van der Waals surface area contributed by atoms with E-state index >= 15 is 0 Å². The monoisotopic (exact) mass is 371 g/mol. The van der Waals surface area contributed by atoms with E-state index in [2.05, 4.69) is 56.7 Å². The Morgan fingerprint density at radius 3 is 2.70 bits per heavy atom. The molecule has 1 aliphatic heterocycles. The van der Waals surface area contributed by atoms with Gasteiger partial charge in [-0.2, -0.15) is 5.10 Å². The Morgan fingerprint density at radius 1 is 1.09 bits per heavy atom. The molecule has 0 radical (unpaired) electrons. The first kappa shape index (κ1) is 14.7. The highest BCUT2D eigenvalue weighted by Crippen LogP contribution is 2.28. The average Bonchev–Trinajstić information content (AvgIpc) is 3.01. The van der Waals surface area contributed by atoms with Gasteiger partial charge in [0.1, 0.15) is 0 Å². The van der Waals surface area contributed by atoms with Crippen LogP contribution < -0.4 is 5.32 Å². The van der Waals surface area contributed by atoms with Crippen molar-refractivity contribution in [3.05, 3.63) is 53.1 Å². The Labute approximate surface area is 143 Å². The summed E-state index contributed by atoms with van der Waals surface area (Å²) in [7, 11) is 0. The van der Waals surface area contributed by atoms with E-state index in [0.717, 1.165) is 46.2 Å². The molecule has 118 valence electrons. The number of ether oxygens (including phenoxy) is 1. The number of nitrogens with one attached hydrogen (secondary N) is 1. The maximum Gasteiger partial charge on any atom is 0.150 e. The molecule has 1 unspecified atom stereocenters. The van der Waals surface area contributed by atoms with Gasteiger partial charge in [-0.05, 0) is 61.7 Å². The zero-order valence-corrected chi connectivity index (χ0v) is 14.3. The lowest BCUT2D eigenvalue weighted by Gasteiger charge is -2.23. The Balaban J connectivity index is 1.64. The van der Waals surface area contributed by atoms with E-state index in [-0.39, 0.29) is 6.23 Å². The molecule has 1 fully saturated rings. The molecule has 4 nitrogen and oxygen atoms in total. The first-order chi connectivity index (χ1) is 11.3. The number of hydrogen-bond donors (Lipinski definition) is 1.